The van der Waals surface area contributed by atoms with Crippen LogP contribution in [0.3, 0.4) is 0 Å². The van der Waals surface area contributed by atoms with Crippen molar-refractivity contribution >= 4 is 23.7 Å². The summed E-state index contributed by atoms with van der Waals surface area (Å²) >= 11 is 0.950. The SMILES string of the molecule is N#Cc1c(SCC(=O)O)nc(N)nc1-c1ccccc1. The third-order valence-corrected chi connectivity index (χ3v) is 3.34. The van der Waals surface area contributed by atoms with Gasteiger partial charge in [0.2, 0.25) is 5.95 Å². The number of aromatic nitrogens is 2. The summed E-state index contributed by atoms with van der Waals surface area (Å²) in [4.78, 5) is 18.7. The molecule has 0 fully saturated rings. The molecule has 0 amide bonds. The Bertz CT molecular complexity index is 683. The third kappa shape index (κ3) is 3.05. The summed E-state index contributed by atoms with van der Waals surface area (Å²) in [5, 5.41) is 18.3. The average molecular weight is 286 g/mol. The number of carboxylic acid groups (broad SMARTS) is 1. The molecule has 0 aliphatic heterocycles. The quantitative estimate of drug-likeness (QED) is 0.650. The molecule has 0 saturated carbocycles. The zero-order valence-electron chi connectivity index (χ0n) is 10.3. The first-order valence-corrected chi connectivity index (χ1v) is 6.58. The van der Waals surface area contributed by atoms with Gasteiger partial charge in [0, 0.05) is 5.56 Å². The van der Waals surface area contributed by atoms with Gasteiger partial charge in [0.15, 0.2) is 0 Å². The van der Waals surface area contributed by atoms with Gasteiger partial charge in [-0.15, -0.1) is 0 Å². The molecule has 0 spiro atoms. The molecular weight excluding hydrogens is 276 g/mol. The lowest BCUT2D eigenvalue weighted by Crippen LogP contribution is -2.04. The number of carbonyl (C=O) groups is 1. The van der Waals surface area contributed by atoms with Crippen LogP contribution < -0.4 is 5.73 Å². The molecule has 0 bridgehead atoms. The van der Waals surface area contributed by atoms with Crippen molar-refractivity contribution in [3.63, 3.8) is 0 Å². The van der Waals surface area contributed by atoms with Gasteiger partial charge in [-0.3, -0.25) is 4.79 Å². The number of nitrogen functional groups attached to an aromatic ring is 1. The lowest BCUT2D eigenvalue weighted by Gasteiger charge is -2.08. The van der Waals surface area contributed by atoms with Crippen LogP contribution in [0.5, 0.6) is 0 Å². The molecule has 100 valence electrons. The molecule has 0 unspecified atom stereocenters. The van der Waals surface area contributed by atoms with Gasteiger partial charge >= 0.3 is 5.97 Å². The highest BCUT2D eigenvalue weighted by Gasteiger charge is 2.16. The van der Waals surface area contributed by atoms with E-state index in [1.165, 1.54) is 0 Å². The topological polar surface area (TPSA) is 113 Å². The maximum Gasteiger partial charge on any atom is 0.313 e. The fourth-order valence-electron chi connectivity index (χ4n) is 1.60. The highest BCUT2D eigenvalue weighted by Crippen LogP contribution is 2.29. The van der Waals surface area contributed by atoms with E-state index in [2.05, 4.69) is 9.97 Å². The van der Waals surface area contributed by atoms with Crippen molar-refractivity contribution in [2.75, 3.05) is 11.5 Å². The highest BCUT2D eigenvalue weighted by molar-refractivity contribution is 7.99. The zero-order valence-corrected chi connectivity index (χ0v) is 11.1. The Hall–Kier alpha value is -2.59. The largest absolute Gasteiger partial charge is 0.481 e. The first kappa shape index (κ1) is 13.8. The number of hydrogen-bond donors (Lipinski definition) is 2. The van der Waals surface area contributed by atoms with Gasteiger partial charge < -0.3 is 10.8 Å². The van der Waals surface area contributed by atoms with E-state index in [0.29, 0.717) is 5.69 Å². The van der Waals surface area contributed by atoms with Crippen LogP contribution in [0.1, 0.15) is 5.56 Å². The molecule has 3 N–H and O–H groups in total. The van der Waals surface area contributed by atoms with E-state index in [1.54, 1.807) is 12.1 Å². The fourth-order valence-corrected chi connectivity index (χ4v) is 2.30. The molecule has 20 heavy (non-hydrogen) atoms. The number of rotatable bonds is 4. The van der Waals surface area contributed by atoms with Crippen molar-refractivity contribution in [1.82, 2.24) is 9.97 Å². The van der Waals surface area contributed by atoms with Gasteiger partial charge in [-0.1, -0.05) is 42.1 Å². The van der Waals surface area contributed by atoms with Crippen molar-refractivity contribution in [2.45, 2.75) is 5.03 Å². The molecule has 7 heteroatoms. The summed E-state index contributed by atoms with van der Waals surface area (Å²) in [7, 11) is 0. The molecule has 1 aromatic heterocycles. The minimum atomic E-state index is -0.989. The predicted octanol–water partition coefficient (Wildman–Crippen LogP) is 1.77. The van der Waals surface area contributed by atoms with Crippen LogP contribution in [-0.4, -0.2) is 26.8 Å². The van der Waals surface area contributed by atoms with E-state index in [-0.39, 0.29) is 22.3 Å². The number of benzene rings is 1. The van der Waals surface area contributed by atoms with Gasteiger partial charge in [-0.05, 0) is 0 Å². The molecule has 1 heterocycles. The van der Waals surface area contributed by atoms with Crippen molar-refractivity contribution in [2.24, 2.45) is 0 Å². The first-order chi connectivity index (χ1) is 9.61. The summed E-state index contributed by atoms with van der Waals surface area (Å²) in [5.74, 6) is -1.17. The van der Waals surface area contributed by atoms with Crippen molar-refractivity contribution in [3.05, 3.63) is 35.9 Å². The van der Waals surface area contributed by atoms with Crippen LogP contribution >= 0.6 is 11.8 Å². The van der Waals surface area contributed by atoms with Crippen LogP contribution in [-0.2, 0) is 4.79 Å². The summed E-state index contributed by atoms with van der Waals surface area (Å²) in [6.45, 7) is 0. The van der Waals surface area contributed by atoms with Crippen LogP contribution in [0, 0.1) is 11.3 Å². The van der Waals surface area contributed by atoms with Crippen molar-refractivity contribution in [1.29, 1.82) is 5.26 Å². The number of nitriles is 1. The average Bonchev–Trinajstić information content (AvgIpc) is 2.45. The van der Waals surface area contributed by atoms with E-state index in [0.717, 1.165) is 17.3 Å². The molecule has 6 nitrogen and oxygen atoms in total. The van der Waals surface area contributed by atoms with Crippen LogP contribution in [0.25, 0.3) is 11.3 Å². The molecule has 0 aliphatic carbocycles. The first-order valence-electron chi connectivity index (χ1n) is 5.59. The smallest absolute Gasteiger partial charge is 0.313 e. The Kier molecular flexibility index (Phi) is 4.17. The standard InChI is InChI=1S/C13H10N4O2S/c14-6-9-11(8-4-2-1-3-5-8)16-13(15)17-12(9)20-7-10(18)19/h1-5H,7H2,(H,18,19)(H2,15,16,17). The Labute approximate surface area is 119 Å². The normalized spacial score (nSPS) is 9.95. The molecule has 1 aromatic carbocycles. The second-order valence-electron chi connectivity index (χ2n) is 3.77. The van der Waals surface area contributed by atoms with E-state index in [4.69, 9.17) is 10.8 Å². The van der Waals surface area contributed by atoms with Crippen LogP contribution in [0.2, 0.25) is 0 Å². The second-order valence-corrected chi connectivity index (χ2v) is 4.73. The van der Waals surface area contributed by atoms with Gasteiger partial charge in [-0.2, -0.15) is 5.26 Å². The summed E-state index contributed by atoms with van der Waals surface area (Å²) in [6, 6.07) is 11.1. The Morgan fingerprint density at radius 1 is 1.35 bits per heavy atom. The predicted molar refractivity (Wildman–Crippen MR) is 75.0 cm³/mol. The van der Waals surface area contributed by atoms with Crippen LogP contribution in [0.4, 0.5) is 5.95 Å². The maximum atomic E-state index is 10.6. The second kappa shape index (κ2) is 6.04. The summed E-state index contributed by atoms with van der Waals surface area (Å²) in [6.07, 6.45) is 0. The molecule has 0 saturated heterocycles. The zero-order chi connectivity index (χ0) is 14.5. The van der Waals surface area contributed by atoms with E-state index < -0.39 is 5.97 Å². The van der Waals surface area contributed by atoms with Crippen molar-refractivity contribution in [3.8, 4) is 17.3 Å². The highest BCUT2D eigenvalue weighted by atomic mass is 32.2. The number of carboxylic acids is 1. The van der Waals surface area contributed by atoms with Gasteiger partial charge in [0.25, 0.3) is 0 Å². The number of nitrogens with two attached hydrogens (primary N) is 1. The number of nitrogens with zero attached hydrogens (tertiary/aromatic N) is 3. The van der Waals surface area contributed by atoms with Gasteiger partial charge in [0.05, 0.1) is 11.4 Å². The third-order valence-electron chi connectivity index (χ3n) is 2.38. The Balaban J connectivity index is 2.52. The summed E-state index contributed by atoms with van der Waals surface area (Å²) < 4.78 is 0. The lowest BCUT2D eigenvalue weighted by atomic mass is 10.1. The Morgan fingerprint density at radius 2 is 2.05 bits per heavy atom. The molecule has 0 aliphatic rings. The van der Waals surface area contributed by atoms with Gasteiger partial charge in [-0.25, -0.2) is 9.97 Å². The number of hydrogen-bond acceptors (Lipinski definition) is 6. The Morgan fingerprint density at radius 3 is 2.65 bits per heavy atom. The van der Waals surface area contributed by atoms with Crippen LogP contribution in [0.15, 0.2) is 35.4 Å². The van der Waals surface area contributed by atoms with E-state index in [9.17, 15) is 10.1 Å². The number of aliphatic carboxylic acids is 1. The molecule has 0 atom stereocenters. The molecule has 0 radical (unpaired) electrons. The maximum absolute atomic E-state index is 10.6. The number of anilines is 1. The van der Waals surface area contributed by atoms with Gasteiger partial charge in [0.1, 0.15) is 16.7 Å². The molecule has 2 aromatic rings. The van der Waals surface area contributed by atoms with E-state index in [1.807, 2.05) is 24.3 Å². The minimum absolute atomic E-state index is 0.00995. The number of thioether (sulfide) groups is 1. The summed E-state index contributed by atoms with van der Waals surface area (Å²) in [5.41, 5.74) is 7.01. The van der Waals surface area contributed by atoms with Crippen molar-refractivity contribution < 1.29 is 9.90 Å². The minimum Gasteiger partial charge on any atom is -0.481 e. The lowest BCUT2D eigenvalue weighted by molar-refractivity contribution is -0.133. The molecular formula is C13H10N4O2S. The van der Waals surface area contributed by atoms with E-state index >= 15 is 0 Å². The molecule has 2 rings (SSSR count). The fraction of sp³-hybridized carbons (Fsp3) is 0.0769. The monoisotopic (exact) mass is 286 g/mol.